The number of nitriles is 1. The minimum Gasteiger partial charge on any atom is -0.457 e. The van der Waals surface area contributed by atoms with Gasteiger partial charge in [-0.05, 0) is 121 Å². The van der Waals surface area contributed by atoms with Crippen LogP contribution in [0.2, 0.25) is 0 Å². The van der Waals surface area contributed by atoms with Crippen LogP contribution in [0.1, 0.15) is 39.2 Å². The maximum absolute atomic E-state index is 14.7. The minimum atomic E-state index is -1.06. The van der Waals surface area contributed by atoms with Crippen LogP contribution in [0.5, 0.6) is 23.0 Å². The molecule has 0 spiro atoms. The van der Waals surface area contributed by atoms with E-state index in [2.05, 4.69) is 6.07 Å². The van der Waals surface area contributed by atoms with E-state index in [9.17, 15) is 27.2 Å². The summed E-state index contributed by atoms with van der Waals surface area (Å²) in [5.74, 6) is -3.15. The van der Waals surface area contributed by atoms with E-state index < -0.39 is 35.2 Å². The molecule has 0 bridgehead atoms. The monoisotopic (exact) mass is 821 g/mol. The Morgan fingerprint density at radius 3 is 1.54 bits per heavy atom. The van der Waals surface area contributed by atoms with Gasteiger partial charge in [0, 0.05) is 52.1 Å². The Kier molecular flexibility index (Phi) is 11.1. The molecule has 0 aliphatic carbocycles. The van der Waals surface area contributed by atoms with Gasteiger partial charge in [0.15, 0.2) is 11.6 Å². The fourth-order valence-electron chi connectivity index (χ4n) is 7.62. The van der Waals surface area contributed by atoms with E-state index in [0.29, 0.717) is 73.6 Å². The summed E-state index contributed by atoms with van der Waals surface area (Å²) in [4.78, 5) is 27.0. The predicted molar refractivity (Wildman–Crippen MR) is 221 cm³/mol. The van der Waals surface area contributed by atoms with E-state index in [1.165, 1.54) is 30.3 Å². The third-order valence-corrected chi connectivity index (χ3v) is 10.6. The molecule has 0 saturated heterocycles. The maximum atomic E-state index is 14.7. The molecule has 2 aromatic heterocycles. The van der Waals surface area contributed by atoms with Gasteiger partial charge in [-0.3, -0.25) is 0 Å². The first-order valence-electron chi connectivity index (χ1n) is 19.2. The number of hydrogen-bond acceptors (Lipinski definition) is 6. The van der Waals surface area contributed by atoms with Crippen LogP contribution in [0, 0.1) is 48.4 Å². The second-order valence-corrected chi connectivity index (χ2v) is 14.5. The molecular formula is C49H35F4N3O5. The van der Waals surface area contributed by atoms with Crippen molar-refractivity contribution in [2.24, 2.45) is 0 Å². The number of carbonyl (C=O) groups excluding carboxylic acids is 2. The van der Waals surface area contributed by atoms with Crippen molar-refractivity contribution in [3.05, 3.63) is 190 Å². The van der Waals surface area contributed by atoms with Crippen molar-refractivity contribution in [3.63, 3.8) is 0 Å². The molecule has 304 valence electrons. The van der Waals surface area contributed by atoms with E-state index in [-0.39, 0.29) is 25.3 Å². The van der Waals surface area contributed by atoms with Crippen LogP contribution < -0.4 is 9.47 Å². The molecule has 0 unspecified atom stereocenters. The Bertz CT molecular complexity index is 3040. The average Bonchev–Trinajstić information content (AvgIpc) is 3.64. The summed E-state index contributed by atoms with van der Waals surface area (Å²) in [6, 6.07) is 34.9. The molecule has 61 heavy (non-hydrogen) atoms. The molecule has 0 atom stereocenters. The number of rotatable bonds is 12. The summed E-state index contributed by atoms with van der Waals surface area (Å²) in [5, 5.41) is 10.3. The Hall–Kier alpha value is -7.65. The Morgan fingerprint density at radius 2 is 1.05 bits per heavy atom. The van der Waals surface area contributed by atoms with Gasteiger partial charge in [-0.15, -0.1) is 0 Å². The number of benzene rings is 6. The number of nitrogens with zero attached hydrogens (tertiary/aromatic N) is 3. The van der Waals surface area contributed by atoms with Gasteiger partial charge in [0.05, 0.1) is 11.6 Å². The molecule has 0 fully saturated rings. The summed E-state index contributed by atoms with van der Waals surface area (Å²) in [6.07, 6.45) is 0.547. The van der Waals surface area contributed by atoms with Crippen LogP contribution >= 0.6 is 0 Å². The normalized spacial score (nSPS) is 11.2. The highest BCUT2D eigenvalue weighted by Crippen LogP contribution is 2.35. The van der Waals surface area contributed by atoms with Gasteiger partial charge in [0.1, 0.15) is 47.7 Å². The lowest BCUT2D eigenvalue weighted by Crippen LogP contribution is -2.22. The van der Waals surface area contributed by atoms with Gasteiger partial charge >= 0.3 is 11.9 Å². The zero-order chi connectivity index (χ0) is 42.8. The van der Waals surface area contributed by atoms with Crippen LogP contribution in [0.25, 0.3) is 21.8 Å². The SMILES string of the molecule is Cc1c(Cc2ccccc2Oc2ccc(C#N)cc2)c2cc(F)ccc2n1CC(=O)OC(=O)Cn1c(C)c(Cc2ccccc2Oc2ccc(F)c(F)c2)c2cc(F)ccc21. The first-order chi connectivity index (χ1) is 29.4. The first-order valence-corrected chi connectivity index (χ1v) is 19.2. The molecule has 0 aliphatic heterocycles. The Balaban J connectivity index is 1.02. The van der Waals surface area contributed by atoms with Gasteiger partial charge in [0.2, 0.25) is 0 Å². The molecule has 0 radical (unpaired) electrons. The smallest absolute Gasteiger partial charge is 0.333 e. The van der Waals surface area contributed by atoms with Crippen molar-refractivity contribution in [2.75, 3.05) is 0 Å². The summed E-state index contributed by atoms with van der Waals surface area (Å²) >= 11 is 0. The van der Waals surface area contributed by atoms with Gasteiger partial charge in [0.25, 0.3) is 0 Å². The van der Waals surface area contributed by atoms with Crippen molar-refractivity contribution in [1.29, 1.82) is 5.26 Å². The fraction of sp³-hybridized carbons (Fsp3) is 0.122. The summed E-state index contributed by atoms with van der Waals surface area (Å²) in [7, 11) is 0. The quantitative estimate of drug-likeness (QED) is 0.0692. The summed E-state index contributed by atoms with van der Waals surface area (Å²) < 4.78 is 77.8. The largest absolute Gasteiger partial charge is 0.457 e. The van der Waals surface area contributed by atoms with Crippen molar-refractivity contribution < 1.29 is 41.4 Å². The summed E-state index contributed by atoms with van der Waals surface area (Å²) in [5.41, 5.74) is 5.73. The molecule has 8 aromatic rings. The Labute approximate surface area is 347 Å². The molecule has 0 amide bonds. The van der Waals surface area contributed by atoms with E-state index >= 15 is 0 Å². The van der Waals surface area contributed by atoms with Crippen LogP contribution in [0.3, 0.4) is 0 Å². The van der Waals surface area contributed by atoms with Crippen LogP contribution in [0.15, 0.2) is 127 Å². The zero-order valence-corrected chi connectivity index (χ0v) is 32.8. The number of fused-ring (bicyclic) bond motifs is 2. The van der Waals surface area contributed by atoms with Crippen molar-refractivity contribution in [3.8, 4) is 29.1 Å². The highest BCUT2D eigenvalue weighted by molar-refractivity contribution is 5.91. The van der Waals surface area contributed by atoms with Gasteiger partial charge in [-0.2, -0.15) is 5.26 Å². The second-order valence-electron chi connectivity index (χ2n) is 14.5. The number of ether oxygens (including phenoxy) is 3. The first kappa shape index (κ1) is 40.1. The van der Waals surface area contributed by atoms with Gasteiger partial charge < -0.3 is 23.3 Å². The van der Waals surface area contributed by atoms with Crippen molar-refractivity contribution >= 4 is 33.7 Å². The zero-order valence-electron chi connectivity index (χ0n) is 32.8. The highest BCUT2D eigenvalue weighted by Gasteiger charge is 2.23. The van der Waals surface area contributed by atoms with E-state index in [0.717, 1.165) is 23.3 Å². The van der Waals surface area contributed by atoms with Crippen LogP contribution in [-0.2, 0) is 40.3 Å². The molecule has 2 heterocycles. The Morgan fingerprint density at radius 1 is 0.574 bits per heavy atom. The predicted octanol–water partition coefficient (Wildman–Crippen LogP) is 11.2. The molecule has 0 aliphatic rings. The molecule has 8 nitrogen and oxygen atoms in total. The average molecular weight is 822 g/mol. The fourth-order valence-corrected chi connectivity index (χ4v) is 7.62. The third-order valence-electron chi connectivity index (χ3n) is 10.6. The molecule has 8 rings (SSSR count). The number of aromatic nitrogens is 2. The lowest BCUT2D eigenvalue weighted by molar-refractivity contribution is -0.160. The lowest BCUT2D eigenvalue weighted by atomic mass is 10.0. The molecule has 0 N–H and O–H groups in total. The minimum absolute atomic E-state index is 0.0893. The summed E-state index contributed by atoms with van der Waals surface area (Å²) in [6.45, 7) is 2.86. The van der Waals surface area contributed by atoms with Crippen LogP contribution in [-0.4, -0.2) is 21.1 Å². The second kappa shape index (κ2) is 16.9. The maximum Gasteiger partial charge on any atom is 0.333 e. The van der Waals surface area contributed by atoms with Gasteiger partial charge in [-0.25, -0.2) is 27.2 Å². The van der Waals surface area contributed by atoms with E-state index in [1.807, 2.05) is 31.2 Å². The number of esters is 2. The molecule has 6 aromatic carbocycles. The number of hydrogen-bond donors (Lipinski definition) is 0. The number of halogens is 4. The molecular weight excluding hydrogens is 787 g/mol. The topological polar surface area (TPSA) is 95.5 Å². The molecule has 12 heteroatoms. The van der Waals surface area contributed by atoms with Gasteiger partial charge in [-0.1, -0.05) is 36.4 Å². The van der Waals surface area contributed by atoms with Crippen molar-refractivity contribution in [1.82, 2.24) is 9.13 Å². The molecule has 0 saturated carbocycles. The number of carbonyl (C=O) groups is 2. The standard InChI is InChI=1S/C49H35F4N3O5/c1-29-38(21-32-7-3-5-9-46(32)59-36-15-11-31(26-54)12-16-36)40-23-34(50)13-19-44(40)55(29)27-48(57)61-49(58)28-56-30(2)39(41-24-35(51)14-20-45(41)56)22-33-8-4-6-10-47(33)60-37-17-18-42(52)43(53)25-37/h3-20,23-25H,21-22,27-28H2,1-2H3. The van der Waals surface area contributed by atoms with E-state index in [4.69, 9.17) is 19.5 Å². The van der Waals surface area contributed by atoms with Crippen molar-refractivity contribution in [2.45, 2.75) is 39.8 Å². The third kappa shape index (κ3) is 8.45. The lowest BCUT2D eigenvalue weighted by Gasteiger charge is -2.13. The van der Waals surface area contributed by atoms with E-state index in [1.54, 1.807) is 76.7 Å². The highest BCUT2D eigenvalue weighted by atomic mass is 19.2. The van der Waals surface area contributed by atoms with Crippen LogP contribution in [0.4, 0.5) is 17.6 Å². The number of para-hydroxylation sites is 2.